The summed E-state index contributed by atoms with van der Waals surface area (Å²) in [5.74, 6) is 0.161. The van der Waals surface area contributed by atoms with Crippen LogP contribution in [0.1, 0.15) is 30.9 Å². The van der Waals surface area contributed by atoms with E-state index in [-0.39, 0.29) is 18.0 Å². The molecule has 0 radical (unpaired) electrons. The Hall–Kier alpha value is -0.580. The van der Waals surface area contributed by atoms with Crippen LogP contribution in [0.25, 0.3) is 0 Å². The number of rotatable bonds is 2. The summed E-state index contributed by atoms with van der Waals surface area (Å²) in [7, 11) is 0. The molecule has 0 bridgehead atoms. The van der Waals surface area contributed by atoms with E-state index in [1.807, 2.05) is 23.1 Å². The van der Waals surface area contributed by atoms with E-state index in [0.29, 0.717) is 17.5 Å². The molecule has 5 heteroatoms. The van der Waals surface area contributed by atoms with Gasteiger partial charge in [0.25, 0.3) is 0 Å². The molecule has 2 aliphatic rings. The average molecular weight is 330 g/mol. The fourth-order valence-electron chi connectivity index (χ4n) is 2.69. The van der Waals surface area contributed by atoms with Crippen molar-refractivity contribution >= 4 is 33.4 Å². The summed E-state index contributed by atoms with van der Waals surface area (Å²) in [4.78, 5) is 14.0. The van der Waals surface area contributed by atoms with Crippen LogP contribution < -0.4 is 5.73 Å². The van der Waals surface area contributed by atoms with E-state index in [4.69, 9.17) is 17.3 Å². The molecule has 1 amide bonds. The zero-order chi connectivity index (χ0) is 12.9. The highest BCUT2D eigenvalue weighted by molar-refractivity contribution is 9.10. The smallest absolute Gasteiger partial charge is 0.225 e. The van der Waals surface area contributed by atoms with E-state index < -0.39 is 0 Å². The Kier molecular flexibility index (Phi) is 3.12. The molecule has 1 heterocycles. The van der Waals surface area contributed by atoms with Crippen molar-refractivity contribution in [1.82, 2.24) is 4.90 Å². The molecule has 1 aromatic carbocycles. The Morgan fingerprint density at radius 2 is 2.11 bits per heavy atom. The quantitative estimate of drug-likeness (QED) is 0.907. The second kappa shape index (κ2) is 4.51. The topological polar surface area (TPSA) is 46.3 Å². The van der Waals surface area contributed by atoms with E-state index in [9.17, 15) is 4.79 Å². The van der Waals surface area contributed by atoms with Gasteiger partial charge in [-0.25, -0.2) is 0 Å². The van der Waals surface area contributed by atoms with Gasteiger partial charge in [0, 0.05) is 28.0 Å². The third kappa shape index (κ3) is 2.06. The number of hydrogen-bond donors (Lipinski definition) is 1. The lowest BCUT2D eigenvalue weighted by molar-refractivity contribution is -0.129. The summed E-state index contributed by atoms with van der Waals surface area (Å²) < 4.78 is 0.937. The first-order valence-corrected chi connectivity index (χ1v) is 7.26. The molecule has 18 heavy (non-hydrogen) atoms. The van der Waals surface area contributed by atoms with Crippen LogP contribution in [0, 0.1) is 0 Å². The lowest BCUT2D eigenvalue weighted by Gasteiger charge is -2.28. The molecule has 2 N–H and O–H groups in total. The zero-order valence-corrected chi connectivity index (χ0v) is 12.1. The number of amides is 1. The fourth-order valence-corrected chi connectivity index (χ4v) is 3.47. The molecule has 3 nitrogen and oxygen atoms in total. The molecular weight excluding hydrogens is 316 g/mol. The summed E-state index contributed by atoms with van der Waals surface area (Å²) in [6, 6.07) is 5.92. The molecule has 1 aliphatic heterocycles. The Balaban J connectivity index is 2.00. The maximum atomic E-state index is 12.0. The normalized spacial score (nSPS) is 27.9. The Morgan fingerprint density at radius 1 is 1.39 bits per heavy atom. The van der Waals surface area contributed by atoms with Crippen molar-refractivity contribution in [3.63, 3.8) is 0 Å². The summed E-state index contributed by atoms with van der Waals surface area (Å²) >= 11 is 9.68. The van der Waals surface area contributed by atoms with Gasteiger partial charge >= 0.3 is 0 Å². The van der Waals surface area contributed by atoms with Gasteiger partial charge in [0.05, 0.1) is 6.04 Å². The summed E-state index contributed by atoms with van der Waals surface area (Å²) in [6.07, 6.45) is 2.60. The predicted molar refractivity (Wildman–Crippen MR) is 74.4 cm³/mol. The molecule has 1 saturated carbocycles. The highest BCUT2D eigenvalue weighted by Gasteiger charge is 2.46. The number of carbonyl (C=O) groups excluding carboxylic acids is 1. The SMILES string of the molecule is NC1CC(=O)N(C2CC2)C1c1ccc(Br)cc1Cl. The van der Waals surface area contributed by atoms with Gasteiger partial charge < -0.3 is 10.6 Å². The summed E-state index contributed by atoms with van der Waals surface area (Å²) in [5, 5.41) is 0.671. The highest BCUT2D eigenvalue weighted by Crippen LogP contribution is 2.43. The van der Waals surface area contributed by atoms with Crippen LogP contribution in [0.5, 0.6) is 0 Å². The van der Waals surface area contributed by atoms with Gasteiger partial charge in [-0.2, -0.15) is 0 Å². The highest BCUT2D eigenvalue weighted by atomic mass is 79.9. The number of halogens is 2. The minimum atomic E-state index is -0.156. The summed E-state index contributed by atoms with van der Waals surface area (Å²) in [5.41, 5.74) is 7.09. The first-order valence-electron chi connectivity index (χ1n) is 6.09. The molecule has 1 aliphatic carbocycles. The number of carbonyl (C=O) groups is 1. The lowest BCUT2D eigenvalue weighted by Crippen LogP contribution is -2.34. The molecule has 2 unspecified atom stereocenters. The van der Waals surface area contributed by atoms with E-state index in [0.717, 1.165) is 22.9 Å². The second-order valence-corrected chi connectivity index (χ2v) is 6.33. The Labute approximate surface area is 119 Å². The average Bonchev–Trinajstić information content (AvgIpc) is 3.06. The van der Waals surface area contributed by atoms with E-state index in [2.05, 4.69) is 15.9 Å². The van der Waals surface area contributed by atoms with E-state index in [1.54, 1.807) is 0 Å². The lowest BCUT2D eigenvalue weighted by atomic mass is 10.0. The van der Waals surface area contributed by atoms with Crippen LogP contribution in [0.3, 0.4) is 0 Å². The molecule has 2 atom stereocenters. The van der Waals surface area contributed by atoms with Gasteiger partial charge in [0.15, 0.2) is 0 Å². The van der Waals surface area contributed by atoms with Crippen molar-refractivity contribution in [2.24, 2.45) is 5.73 Å². The van der Waals surface area contributed by atoms with Crippen molar-refractivity contribution in [3.8, 4) is 0 Å². The van der Waals surface area contributed by atoms with Crippen LogP contribution in [-0.4, -0.2) is 22.9 Å². The first-order chi connectivity index (χ1) is 8.58. The van der Waals surface area contributed by atoms with Gasteiger partial charge in [-0.15, -0.1) is 0 Å². The van der Waals surface area contributed by atoms with Crippen molar-refractivity contribution in [3.05, 3.63) is 33.3 Å². The monoisotopic (exact) mass is 328 g/mol. The fraction of sp³-hybridized carbons (Fsp3) is 0.462. The number of nitrogens with two attached hydrogens (primary N) is 1. The van der Waals surface area contributed by atoms with E-state index >= 15 is 0 Å². The van der Waals surface area contributed by atoms with Crippen LogP contribution in [0.4, 0.5) is 0 Å². The molecule has 1 saturated heterocycles. The molecular formula is C13H14BrClN2O. The van der Waals surface area contributed by atoms with Crippen LogP contribution >= 0.6 is 27.5 Å². The Bertz CT molecular complexity index is 504. The third-order valence-corrected chi connectivity index (χ3v) is 4.45. The molecule has 3 rings (SSSR count). The van der Waals surface area contributed by atoms with Crippen LogP contribution in [0.15, 0.2) is 22.7 Å². The number of likely N-dealkylation sites (tertiary alicyclic amines) is 1. The maximum Gasteiger partial charge on any atom is 0.225 e. The van der Waals surface area contributed by atoms with E-state index in [1.165, 1.54) is 0 Å². The number of nitrogens with zero attached hydrogens (tertiary/aromatic N) is 1. The largest absolute Gasteiger partial charge is 0.331 e. The van der Waals surface area contributed by atoms with Crippen molar-refractivity contribution in [1.29, 1.82) is 0 Å². The molecule has 0 aromatic heterocycles. The van der Waals surface area contributed by atoms with Gasteiger partial charge in [0.1, 0.15) is 0 Å². The van der Waals surface area contributed by atoms with Crippen LogP contribution in [0.2, 0.25) is 5.02 Å². The third-order valence-electron chi connectivity index (χ3n) is 3.62. The zero-order valence-electron chi connectivity index (χ0n) is 9.77. The van der Waals surface area contributed by atoms with Crippen molar-refractivity contribution in [2.75, 3.05) is 0 Å². The first kappa shape index (κ1) is 12.5. The number of benzene rings is 1. The summed E-state index contributed by atoms with van der Waals surface area (Å²) in [6.45, 7) is 0. The standard InChI is InChI=1S/C13H14BrClN2O/c14-7-1-4-9(10(15)5-7)13-11(16)6-12(18)17(13)8-2-3-8/h1,4-5,8,11,13H,2-3,6,16H2. The molecule has 0 spiro atoms. The second-order valence-electron chi connectivity index (χ2n) is 5.01. The van der Waals surface area contributed by atoms with Crippen molar-refractivity contribution in [2.45, 2.75) is 37.4 Å². The minimum Gasteiger partial charge on any atom is -0.331 e. The minimum absolute atomic E-state index is 0.0643. The van der Waals surface area contributed by atoms with Crippen molar-refractivity contribution < 1.29 is 4.79 Å². The van der Waals surface area contributed by atoms with Gasteiger partial charge in [-0.3, -0.25) is 4.79 Å². The molecule has 96 valence electrons. The Morgan fingerprint density at radius 3 is 2.72 bits per heavy atom. The number of hydrogen-bond acceptors (Lipinski definition) is 2. The van der Waals surface area contributed by atoms with Gasteiger partial charge in [0.2, 0.25) is 5.91 Å². The van der Waals surface area contributed by atoms with Gasteiger partial charge in [-0.05, 0) is 30.5 Å². The van der Waals surface area contributed by atoms with Gasteiger partial charge in [-0.1, -0.05) is 33.6 Å². The van der Waals surface area contributed by atoms with Crippen LogP contribution in [-0.2, 0) is 4.79 Å². The predicted octanol–water partition coefficient (Wildman–Crippen LogP) is 2.87. The molecule has 2 fully saturated rings. The molecule has 1 aromatic rings. The maximum absolute atomic E-state index is 12.0.